The molecular formula is C24H25ClFN5O2. The van der Waals surface area contributed by atoms with Gasteiger partial charge in [0.15, 0.2) is 5.65 Å². The largest absolute Gasteiger partial charge is 0.489 e. The third kappa shape index (κ3) is 3.47. The summed E-state index contributed by atoms with van der Waals surface area (Å²) in [4.78, 5) is 22.0. The van der Waals surface area contributed by atoms with Crippen LogP contribution in [0, 0.1) is 11.7 Å². The molecule has 0 N–H and O–H groups in total. The van der Waals surface area contributed by atoms with Crippen LogP contribution in [0.15, 0.2) is 30.6 Å². The zero-order valence-corrected chi connectivity index (χ0v) is 19.3. The minimum Gasteiger partial charge on any atom is -0.489 e. The van der Waals surface area contributed by atoms with Gasteiger partial charge in [-0.1, -0.05) is 18.5 Å². The van der Waals surface area contributed by atoms with Crippen molar-refractivity contribution in [2.75, 3.05) is 7.05 Å². The molecule has 2 aromatic heterocycles. The maximum atomic E-state index is 14.2. The van der Waals surface area contributed by atoms with E-state index < -0.39 is 5.82 Å². The second kappa shape index (κ2) is 7.67. The molecule has 2 fully saturated rings. The standard InChI is InChI=1S/C24H25ClFN5O2/c1-13-5-16-7-17(8-21(13)29(16)2)33-22-6-15(26)3-4-18(22)24(32)30-11-19-20(12-30)28-31-10-14(25)9-27-23(19)31/h3-4,6,9-10,13,16-17,21H,5,7-8,11-12H2,1-2H3. The quantitative estimate of drug-likeness (QED) is 0.581. The summed E-state index contributed by atoms with van der Waals surface area (Å²) in [5, 5.41) is 5.03. The number of benzene rings is 1. The predicted octanol–water partition coefficient (Wildman–Crippen LogP) is 3.93. The van der Waals surface area contributed by atoms with Gasteiger partial charge in [0.1, 0.15) is 17.7 Å². The van der Waals surface area contributed by atoms with E-state index in [4.69, 9.17) is 16.3 Å². The maximum absolute atomic E-state index is 14.2. The lowest BCUT2D eigenvalue weighted by atomic mass is 9.97. The average Bonchev–Trinajstić information content (AvgIpc) is 3.36. The van der Waals surface area contributed by atoms with Crippen molar-refractivity contribution in [1.29, 1.82) is 0 Å². The summed E-state index contributed by atoms with van der Waals surface area (Å²) < 4.78 is 22.1. The van der Waals surface area contributed by atoms with Gasteiger partial charge in [-0.25, -0.2) is 13.9 Å². The first kappa shape index (κ1) is 20.9. The molecule has 0 spiro atoms. The third-order valence-corrected chi connectivity index (χ3v) is 7.70. The number of carbonyl (C=O) groups is 1. The van der Waals surface area contributed by atoms with Crippen molar-refractivity contribution in [2.24, 2.45) is 5.92 Å². The Morgan fingerprint density at radius 3 is 2.91 bits per heavy atom. The zero-order valence-electron chi connectivity index (χ0n) is 18.5. The van der Waals surface area contributed by atoms with E-state index in [9.17, 15) is 9.18 Å². The van der Waals surface area contributed by atoms with Gasteiger partial charge in [-0.2, -0.15) is 5.10 Å². The van der Waals surface area contributed by atoms with Crippen LogP contribution in [0.25, 0.3) is 5.65 Å². The fourth-order valence-electron chi connectivity index (χ4n) is 5.84. The third-order valence-electron chi connectivity index (χ3n) is 7.50. The Kier molecular flexibility index (Phi) is 4.85. The molecule has 172 valence electrons. The molecule has 0 aliphatic carbocycles. The highest BCUT2D eigenvalue weighted by molar-refractivity contribution is 6.30. The van der Waals surface area contributed by atoms with Gasteiger partial charge in [0.2, 0.25) is 0 Å². The molecule has 1 amide bonds. The minimum absolute atomic E-state index is 0.0246. The number of aromatic nitrogens is 3. The molecule has 0 radical (unpaired) electrons. The summed E-state index contributed by atoms with van der Waals surface area (Å²) in [7, 11) is 2.18. The Labute approximate surface area is 196 Å². The van der Waals surface area contributed by atoms with Crippen molar-refractivity contribution >= 4 is 23.2 Å². The highest BCUT2D eigenvalue weighted by atomic mass is 35.5. The Bertz CT molecular complexity index is 1260. The first-order valence-corrected chi connectivity index (χ1v) is 11.7. The molecule has 4 unspecified atom stereocenters. The van der Waals surface area contributed by atoms with Gasteiger partial charge in [-0.15, -0.1) is 0 Å². The molecule has 2 saturated heterocycles. The Hall–Kier alpha value is -2.71. The van der Waals surface area contributed by atoms with E-state index in [0.717, 1.165) is 30.5 Å². The summed E-state index contributed by atoms with van der Waals surface area (Å²) >= 11 is 6.01. The number of fused-ring (bicyclic) bond motifs is 5. The van der Waals surface area contributed by atoms with E-state index in [2.05, 4.69) is 29.0 Å². The highest BCUT2D eigenvalue weighted by Crippen LogP contribution is 2.40. The molecule has 3 aromatic rings. The molecule has 3 aliphatic heterocycles. The van der Waals surface area contributed by atoms with Gasteiger partial charge in [-0.3, -0.25) is 9.69 Å². The average molecular weight is 470 g/mol. The lowest BCUT2D eigenvalue weighted by Crippen LogP contribution is -2.45. The lowest BCUT2D eigenvalue weighted by molar-refractivity contribution is 0.0578. The van der Waals surface area contributed by atoms with Gasteiger partial charge < -0.3 is 9.64 Å². The number of nitrogens with zero attached hydrogens (tertiary/aromatic N) is 5. The van der Waals surface area contributed by atoms with Crippen LogP contribution < -0.4 is 4.74 Å². The molecule has 9 heteroatoms. The number of amides is 1. The summed E-state index contributed by atoms with van der Waals surface area (Å²) in [5.41, 5.74) is 2.78. The second-order valence-corrected chi connectivity index (χ2v) is 10.0. The van der Waals surface area contributed by atoms with E-state index in [0.29, 0.717) is 53.1 Å². The predicted molar refractivity (Wildman–Crippen MR) is 121 cm³/mol. The van der Waals surface area contributed by atoms with Crippen molar-refractivity contribution in [1.82, 2.24) is 24.4 Å². The lowest BCUT2D eigenvalue weighted by Gasteiger charge is -2.37. The smallest absolute Gasteiger partial charge is 0.258 e. The molecule has 6 rings (SSSR count). The second-order valence-electron chi connectivity index (χ2n) is 9.58. The van der Waals surface area contributed by atoms with Crippen molar-refractivity contribution in [3.63, 3.8) is 0 Å². The molecule has 1 aromatic carbocycles. The number of hydrogen-bond acceptors (Lipinski definition) is 5. The van der Waals surface area contributed by atoms with Crippen LogP contribution >= 0.6 is 11.6 Å². The molecule has 4 atom stereocenters. The summed E-state index contributed by atoms with van der Waals surface area (Å²) in [6.07, 6.45) is 6.19. The SMILES string of the molecule is CC1CC2CC(Oc3cc(F)ccc3C(=O)N3Cc4nn5cc(Cl)cnc5c4C3)CC1N2C. The van der Waals surface area contributed by atoms with Crippen LogP contribution in [0.4, 0.5) is 4.39 Å². The minimum atomic E-state index is -0.408. The fraction of sp³-hybridized carbons (Fsp3) is 0.458. The van der Waals surface area contributed by atoms with Crippen LogP contribution in [-0.4, -0.2) is 55.5 Å². The normalized spacial score (nSPS) is 26.7. The van der Waals surface area contributed by atoms with Gasteiger partial charge in [0.05, 0.1) is 35.6 Å². The van der Waals surface area contributed by atoms with Gasteiger partial charge >= 0.3 is 0 Å². The number of carbonyl (C=O) groups excluding carboxylic acids is 1. The van der Waals surface area contributed by atoms with Crippen LogP contribution in [0.2, 0.25) is 5.02 Å². The molecule has 2 bridgehead atoms. The Balaban J connectivity index is 1.24. The van der Waals surface area contributed by atoms with E-state index in [-0.39, 0.29) is 12.0 Å². The van der Waals surface area contributed by atoms with Crippen molar-refractivity contribution in [3.05, 3.63) is 58.3 Å². The zero-order chi connectivity index (χ0) is 22.9. The number of piperidine rings is 1. The van der Waals surface area contributed by atoms with Gasteiger partial charge in [0, 0.05) is 36.3 Å². The molecule has 3 aliphatic rings. The monoisotopic (exact) mass is 469 g/mol. The van der Waals surface area contributed by atoms with Gasteiger partial charge in [-0.05, 0) is 37.9 Å². The molecule has 33 heavy (non-hydrogen) atoms. The fourth-order valence-corrected chi connectivity index (χ4v) is 5.98. The number of rotatable bonds is 3. The summed E-state index contributed by atoms with van der Waals surface area (Å²) in [6, 6.07) is 5.12. The van der Waals surface area contributed by atoms with E-state index >= 15 is 0 Å². The van der Waals surface area contributed by atoms with Crippen molar-refractivity contribution in [2.45, 2.75) is 57.5 Å². The number of ether oxygens (including phenoxy) is 1. The topological polar surface area (TPSA) is 63.0 Å². The van der Waals surface area contributed by atoms with Crippen molar-refractivity contribution < 1.29 is 13.9 Å². The molecule has 0 saturated carbocycles. The molecule has 7 nitrogen and oxygen atoms in total. The van der Waals surface area contributed by atoms with E-state index in [1.165, 1.54) is 18.2 Å². The van der Waals surface area contributed by atoms with Crippen LogP contribution in [0.3, 0.4) is 0 Å². The number of hydrogen-bond donors (Lipinski definition) is 0. The maximum Gasteiger partial charge on any atom is 0.258 e. The highest BCUT2D eigenvalue weighted by Gasteiger charge is 2.44. The first-order chi connectivity index (χ1) is 15.9. The first-order valence-electron chi connectivity index (χ1n) is 11.4. The Morgan fingerprint density at radius 1 is 1.24 bits per heavy atom. The van der Waals surface area contributed by atoms with Crippen LogP contribution in [-0.2, 0) is 13.1 Å². The van der Waals surface area contributed by atoms with Crippen molar-refractivity contribution in [3.8, 4) is 5.75 Å². The number of halogens is 2. The molecular weight excluding hydrogens is 445 g/mol. The summed E-state index contributed by atoms with van der Waals surface area (Å²) in [5.74, 6) is 0.340. The van der Waals surface area contributed by atoms with Gasteiger partial charge in [0.25, 0.3) is 5.91 Å². The van der Waals surface area contributed by atoms with E-state index in [1.54, 1.807) is 21.8 Å². The summed E-state index contributed by atoms with van der Waals surface area (Å²) in [6.45, 7) is 3.03. The van der Waals surface area contributed by atoms with E-state index in [1.807, 2.05) is 0 Å². The van der Waals surface area contributed by atoms with Crippen LogP contribution in [0.5, 0.6) is 5.75 Å². The van der Waals surface area contributed by atoms with Crippen LogP contribution in [0.1, 0.15) is 47.8 Å². The Morgan fingerprint density at radius 2 is 2.09 bits per heavy atom. The molecule has 5 heterocycles.